The Morgan fingerprint density at radius 1 is 1.32 bits per heavy atom. The van der Waals surface area contributed by atoms with Crippen molar-refractivity contribution in [2.75, 3.05) is 6.54 Å². The second-order valence-corrected chi connectivity index (χ2v) is 4.47. The first-order valence-electron chi connectivity index (χ1n) is 6.14. The summed E-state index contributed by atoms with van der Waals surface area (Å²) in [5, 5.41) is 2.84. The fourth-order valence-corrected chi connectivity index (χ4v) is 1.66. The van der Waals surface area contributed by atoms with Crippen molar-refractivity contribution in [3.05, 3.63) is 35.9 Å². The third-order valence-electron chi connectivity index (χ3n) is 2.58. The molecule has 0 aliphatic carbocycles. The van der Waals surface area contributed by atoms with Crippen LogP contribution in [0.5, 0.6) is 0 Å². The highest BCUT2D eigenvalue weighted by Crippen LogP contribution is 2.02. The van der Waals surface area contributed by atoms with E-state index in [1.165, 1.54) is 0 Å². The van der Waals surface area contributed by atoms with Gasteiger partial charge in [0.25, 0.3) is 0 Å². The summed E-state index contributed by atoms with van der Waals surface area (Å²) in [5.41, 5.74) is 17.2. The third-order valence-corrected chi connectivity index (χ3v) is 2.58. The van der Waals surface area contributed by atoms with Crippen molar-refractivity contribution in [1.29, 1.82) is 0 Å². The molecular weight excluding hydrogens is 242 g/mol. The molecule has 6 nitrogen and oxygen atoms in total. The van der Waals surface area contributed by atoms with Gasteiger partial charge in [-0.05, 0) is 18.9 Å². The van der Waals surface area contributed by atoms with Gasteiger partial charge < -0.3 is 22.5 Å². The van der Waals surface area contributed by atoms with E-state index < -0.39 is 6.04 Å². The zero-order valence-corrected chi connectivity index (χ0v) is 11.0. The van der Waals surface area contributed by atoms with Gasteiger partial charge in [-0.1, -0.05) is 30.3 Å². The maximum Gasteiger partial charge on any atom is 0.239 e. The van der Waals surface area contributed by atoms with Gasteiger partial charge >= 0.3 is 0 Å². The molecule has 19 heavy (non-hydrogen) atoms. The predicted molar refractivity (Wildman–Crippen MR) is 76.4 cm³/mol. The molecule has 0 aromatic heterocycles. The van der Waals surface area contributed by atoms with Crippen LogP contribution in [-0.2, 0) is 11.2 Å². The number of nitrogens with two attached hydrogens (primary N) is 3. The number of hydrogen-bond acceptors (Lipinski definition) is 3. The Labute approximate surface area is 113 Å². The minimum absolute atomic E-state index is 0.000142. The number of benzene rings is 1. The average Bonchev–Trinajstić information content (AvgIpc) is 2.36. The summed E-state index contributed by atoms with van der Waals surface area (Å²) in [6.45, 7) is 2.02. The van der Waals surface area contributed by atoms with Gasteiger partial charge in [0.1, 0.15) is 6.04 Å². The van der Waals surface area contributed by atoms with E-state index in [0.717, 1.165) is 12.0 Å². The molecule has 1 rings (SSSR count). The van der Waals surface area contributed by atoms with Gasteiger partial charge in [0.15, 0.2) is 5.96 Å². The predicted octanol–water partition coefficient (Wildman–Crippen LogP) is -0.665. The molecule has 0 aliphatic rings. The van der Waals surface area contributed by atoms with Crippen molar-refractivity contribution >= 4 is 11.9 Å². The van der Waals surface area contributed by atoms with E-state index in [2.05, 4.69) is 10.3 Å². The Hall–Kier alpha value is -2.08. The molecule has 0 heterocycles. The van der Waals surface area contributed by atoms with Crippen LogP contribution in [0.4, 0.5) is 0 Å². The number of nitrogens with zero attached hydrogens (tertiary/aromatic N) is 1. The molecule has 0 aliphatic heterocycles. The first-order chi connectivity index (χ1) is 8.99. The van der Waals surface area contributed by atoms with Gasteiger partial charge in [-0.3, -0.25) is 9.79 Å². The second-order valence-electron chi connectivity index (χ2n) is 4.47. The molecule has 104 valence electrons. The van der Waals surface area contributed by atoms with E-state index in [0.29, 0.717) is 0 Å². The van der Waals surface area contributed by atoms with E-state index in [9.17, 15) is 4.79 Å². The van der Waals surface area contributed by atoms with Crippen molar-refractivity contribution in [3.8, 4) is 0 Å². The minimum atomic E-state index is -0.736. The SMILES string of the molecule is CC(Cc1ccccc1)NC(=O)C(N)CN=C(N)N. The lowest BCUT2D eigenvalue weighted by molar-refractivity contribution is -0.122. The summed E-state index contributed by atoms with van der Waals surface area (Å²) in [5.74, 6) is -0.325. The van der Waals surface area contributed by atoms with E-state index in [-0.39, 0.29) is 24.5 Å². The van der Waals surface area contributed by atoms with Crippen molar-refractivity contribution in [3.63, 3.8) is 0 Å². The van der Waals surface area contributed by atoms with Gasteiger partial charge in [-0.25, -0.2) is 0 Å². The number of rotatable bonds is 6. The van der Waals surface area contributed by atoms with E-state index in [1.807, 2.05) is 37.3 Å². The molecule has 2 atom stereocenters. The minimum Gasteiger partial charge on any atom is -0.370 e. The first-order valence-corrected chi connectivity index (χ1v) is 6.14. The maximum absolute atomic E-state index is 11.8. The zero-order valence-electron chi connectivity index (χ0n) is 11.0. The highest BCUT2D eigenvalue weighted by Gasteiger charge is 2.15. The molecule has 0 saturated heterocycles. The lowest BCUT2D eigenvalue weighted by Crippen LogP contribution is -2.47. The van der Waals surface area contributed by atoms with Crippen LogP contribution in [0.2, 0.25) is 0 Å². The fraction of sp³-hybridized carbons (Fsp3) is 0.385. The maximum atomic E-state index is 11.8. The zero-order chi connectivity index (χ0) is 14.3. The topological polar surface area (TPSA) is 120 Å². The van der Waals surface area contributed by atoms with Gasteiger partial charge in [0.05, 0.1) is 6.54 Å². The van der Waals surface area contributed by atoms with Gasteiger partial charge in [-0.15, -0.1) is 0 Å². The van der Waals surface area contributed by atoms with E-state index >= 15 is 0 Å². The van der Waals surface area contributed by atoms with Crippen LogP contribution < -0.4 is 22.5 Å². The molecule has 1 amide bonds. The lowest BCUT2D eigenvalue weighted by atomic mass is 10.1. The normalized spacial score (nSPS) is 13.4. The van der Waals surface area contributed by atoms with Crippen LogP contribution in [0.15, 0.2) is 35.3 Å². The summed E-state index contributed by atoms with van der Waals surface area (Å²) >= 11 is 0. The number of amides is 1. The second kappa shape index (κ2) is 7.38. The molecule has 7 N–H and O–H groups in total. The average molecular weight is 263 g/mol. The Balaban J connectivity index is 2.41. The summed E-state index contributed by atoms with van der Waals surface area (Å²) in [7, 11) is 0. The molecule has 0 fully saturated rings. The third kappa shape index (κ3) is 5.87. The summed E-state index contributed by atoms with van der Waals surface area (Å²) in [6, 6.07) is 9.19. The first kappa shape index (κ1) is 15.0. The summed E-state index contributed by atoms with van der Waals surface area (Å²) in [6.07, 6.45) is 0.752. The molecule has 2 unspecified atom stereocenters. The molecule has 0 radical (unpaired) electrons. The highest BCUT2D eigenvalue weighted by molar-refractivity contribution is 5.83. The van der Waals surface area contributed by atoms with Crippen molar-refractivity contribution < 1.29 is 4.79 Å². The van der Waals surface area contributed by atoms with Crippen LogP contribution in [-0.4, -0.2) is 30.5 Å². The Morgan fingerprint density at radius 3 is 2.53 bits per heavy atom. The molecule has 1 aromatic rings. The van der Waals surface area contributed by atoms with Crippen LogP contribution in [0.3, 0.4) is 0 Å². The van der Waals surface area contributed by atoms with Crippen LogP contribution in [0.1, 0.15) is 12.5 Å². The van der Waals surface area contributed by atoms with Crippen molar-refractivity contribution in [1.82, 2.24) is 5.32 Å². The molecule has 1 aromatic carbocycles. The number of hydrogen-bond donors (Lipinski definition) is 4. The Bertz CT molecular complexity index is 428. The number of nitrogens with one attached hydrogen (secondary N) is 1. The fourth-order valence-electron chi connectivity index (χ4n) is 1.66. The lowest BCUT2D eigenvalue weighted by Gasteiger charge is -2.16. The standard InChI is InChI=1S/C13H21N5O/c1-9(7-10-5-3-2-4-6-10)18-12(19)11(14)8-17-13(15)16/h2-6,9,11H,7-8,14H2,1H3,(H,18,19)(H4,15,16,17). The van der Waals surface area contributed by atoms with Crippen molar-refractivity contribution in [2.45, 2.75) is 25.4 Å². The van der Waals surface area contributed by atoms with Crippen LogP contribution >= 0.6 is 0 Å². The number of carbonyl (C=O) groups is 1. The Morgan fingerprint density at radius 2 is 1.95 bits per heavy atom. The molecular formula is C13H21N5O. The van der Waals surface area contributed by atoms with Gasteiger partial charge in [-0.2, -0.15) is 0 Å². The number of guanidine groups is 1. The number of carbonyl (C=O) groups excluding carboxylic acids is 1. The summed E-state index contributed by atoms with van der Waals surface area (Å²) < 4.78 is 0. The molecule has 0 bridgehead atoms. The van der Waals surface area contributed by atoms with Crippen LogP contribution in [0, 0.1) is 0 Å². The summed E-state index contributed by atoms with van der Waals surface area (Å²) in [4.78, 5) is 15.5. The Kier molecular flexibility index (Phi) is 5.81. The number of aliphatic imine (C=N–C) groups is 1. The van der Waals surface area contributed by atoms with Crippen molar-refractivity contribution in [2.24, 2.45) is 22.2 Å². The van der Waals surface area contributed by atoms with Gasteiger partial charge in [0, 0.05) is 6.04 Å². The molecule has 6 heteroatoms. The smallest absolute Gasteiger partial charge is 0.239 e. The quantitative estimate of drug-likeness (QED) is 0.402. The van der Waals surface area contributed by atoms with Crippen LogP contribution in [0.25, 0.3) is 0 Å². The highest BCUT2D eigenvalue weighted by atomic mass is 16.2. The molecule has 0 spiro atoms. The monoisotopic (exact) mass is 263 g/mol. The van der Waals surface area contributed by atoms with Gasteiger partial charge in [0.2, 0.25) is 5.91 Å². The van der Waals surface area contributed by atoms with E-state index in [1.54, 1.807) is 0 Å². The van der Waals surface area contributed by atoms with E-state index in [4.69, 9.17) is 17.2 Å². The molecule has 0 saturated carbocycles. The largest absolute Gasteiger partial charge is 0.370 e.